The van der Waals surface area contributed by atoms with Gasteiger partial charge in [0.15, 0.2) is 5.65 Å². The molecule has 0 radical (unpaired) electrons. The van der Waals surface area contributed by atoms with Crippen LogP contribution in [0, 0.1) is 0 Å². The molecule has 0 aromatic carbocycles. The van der Waals surface area contributed by atoms with Crippen LogP contribution in [0.15, 0.2) is 18.3 Å². The van der Waals surface area contributed by atoms with Gasteiger partial charge in [-0.15, -0.1) is 11.6 Å². The van der Waals surface area contributed by atoms with E-state index in [-0.39, 0.29) is 0 Å². The van der Waals surface area contributed by atoms with Crippen molar-refractivity contribution in [3.8, 4) is 0 Å². The number of rotatable bonds is 4. The lowest BCUT2D eigenvalue weighted by Crippen LogP contribution is -2.33. The summed E-state index contributed by atoms with van der Waals surface area (Å²) in [7, 11) is 0. The Bertz CT molecular complexity index is 590. The fourth-order valence-electron chi connectivity index (χ4n) is 3.18. The second kappa shape index (κ2) is 5.94. The lowest BCUT2D eigenvalue weighted by molar-refractivity contribution is 0.358. The quantitative estimate of drug-likeness (QED) is 0.792. The van der Waals surface area contributed by atoms with Crippen LogP contribution in [-0.4, -0.2) is 25.5 Å². The van der Waals surface area contributed by atoms with Crippen molar-refractivity contribution in [2.45, 2.75) is 49.3 Å². The largest absolute Gasteiger partial charge is 0.310 e. The van der Waals surface area contributed by atoms with Crippen molar-refractivity contribution in [2.75, 3.05) is 6.26 Å². The summed E-state index contributed by atoms with van der Waals surface area (Å²) in [4.78, 5) is 9.13. The van der Waals surface area contributed by atoms with E-state index in [1.165, 1.54) is 32.1 Å². The van der Waals surface area contributed by atoms with Gasteiger partial charge in [0.1, 0.15) is 11.3 Å². The van der Waals surface area contributed by atoms with Gasteiger partial charge >= 0.3 is 0 Å². The molecule has 0 saturated heterocycles. The molecule has 2 aromatic heterocycles. The number of fused-ring (bicyclic) bond motifs is 1. The van der Waals surface area contributed by atoms with E-state index in [4.69, 9.17) is 11.6 Å². The summed E-state index contributed by atoms with van der Waals surface area (Å²) >= 11 is 8.09. The summed E-state index contributed by atoms with van der Waals surface area (Å²) in [6.45, 7) is 0.976. The lowest BCUT2D eigenvalue weighted by Gasteiger charge is -2.36. The zero-order valence-corrected chi connectivity index (χ0v) is 13.4. The predicted molar refractivity (Wildman–Crippen MR) is 86.4 cm³/mol. The number of imidazole rings is 1. The van der Waals surface area contributed by atoms with Gasteiger partial charge in [0.25, 0.3) is 0 Å². The fraction of sp³-hybridized carbons (Fsp3) is 0.600. The van der Waals surface area contributed by atoms with E-state index in [2.05, 4.69) is 20.8 Å². The molecule has 0 atom stereocenters. The Kier molecular flexibility index (Phi) is 4.22. The van der Waals surface area contributed by atoms with Crippen LogP contribution in [-0.2, 0) is 12.4 Å². The number of aromatic nitrogens is 3. The maximum absolute atomic E-state index is 6.09. The van der Waals surface area contributed by atoms with Gasteiger partial charge in [-0.25, -0.2) is 9.97 Å². The maximum atomic E-state index is 6.09. The minimum Gasteiger partial charge on any atom is -0.310 e. The number of alkyl halides is 1. The minimum absolute atomic E-state index is 0.324. The third kappa shape index (κ3) is 2.56. The Morgan fingerprint density at radius 2 is 2.15 bits per heavy atom. The monoisotopic (exact) mass is 309 g/mol. The SMILES string of the molecule is CSC1(Cn2c(CCl)nc3cccnc32)CCCCC1. The molecule has 108 valence electrons. The van der Waals surface area contributed by atoms with Crippen molar-refractivity contribution >= 4 is 34.5 Å². The standard InChI is InChI=1S/C15H20ClN3S/c1-20-15(7-3-2-4-8-15)11-19-13(10-16)18-12-6-5-9-17-14(12)19/h5-6,9H,2-4,7-8,10-11H2,1H3. The normalized spacial score (nSPS) is 18.5. The summed E-state index contributed by atoms with van der Waals surface area (Å²) in [5, 5.41) is 0. The Morgan fingerprint density at radius 1 is 1.35 bits per heavy atom. The van der Waals surface area contributed by atoms with Crippen LogP contribution in [0.25, 0.3) is 11.2 Å². The van der Waals surface area contributed by atoms with Crippen molar-refractivity contribution in [1.82, 2.24) is 14.5 Å². The van der Waals surface area contributed by atoms with Crippen LogP contribution in [0.5, 0.6) is 0 Å². The molecule has 1 fully saturated rings. The number of halogens is 1. The zero-order chi connectivity index (χ0) is 14.0. The van der Waals surface area contributed by atoms with Crippen LogP contribution < -0.4 is 0 Å². The Balaban J connectivity index is 2.00. The van der Waals surface area contributed by atoms with Crippen molar-refractivity contribution in [2.24, 2.45) is 0 Å². The average Bonchev–Trinajstić information content (AvgIpc) is 2.86. The molecule has 1 aliphatic rings. The molecule has 0 bridgehead atoms. The summed E-state index contributed by atoms with van der Waals surface area (Å²) in [5.41, 5.74) is 1.93. The van der Waals surface area contributed by atoms with E-state index < -0.39 is 0 Å². The van der Waals surface area contributed by atoms with Crippen LogP contribution >= 0.6 is 23.4 Å². The molecular formula is C15H20ClN3S. The number of pyridine rings is 1. The molecule has 5 heteroatoms. The van der Waals surface area contributed by atoms with Crippen molar-refractivity contribution in [3.05, 3.63) is 24.2 Å². The first kappa shape index (κ1) is 14.2. The van der Waals surface area contributed by atoms with E-state index in [0.717, 1.165) is 23.5 Å². The third-order valence-corrected chi connectivity index (χ3v) is 5.99. The van der Waals surface area contributed by atoms with E-state index in [0.29, 0.717) is 10.6 Å². The topological polar surface area (TPSA) is 30.7 Å². The Morgan fingerprint density at radius 3 is 2.85 bits per heavy atom. The fourth-order valence-corrected chi connectivity index (χ4v) is 4.34. The molecular weight excluding hydrogens is 290 g/mol. The number of nitrogens with zero attached hydrogens (tertiary/aromatic N) is 3. The first-order valence-corrected chi connectivity index (χ1v) is 8.95. The van der Waals surface area contributed by atoms with Crippen molar-refractivity contribution in [1.29, 1.82) is 0 Å². The molecule has 0 aliphatic heterocycles. The first-order chi connectivity index (χ1) is 9.78. The molecule has 0 unspecified atom stereocenters. The van der Waals surface area contributed by atoms with Crippen LogP contribution in [0.4, 0.5) is 0 Å². The second-order valence-electron chi connectivity index (χ2n) is 5.54. The molecule has 1 saturated carbocycles. The number of thioether (sulfide) groups is 1. The Hall–Kier alpha value is -0.740. The summed E-state index contributed by atoms with van der Waals surface area (Å²) in [6, 6.07) is 3.95. The lowest BCUT2D eigenvalue weighted by atomic mass is 9.88. The van der Waals surface area contributed by atoms with Gasteiger partial charge in [-0.1, -0.05) is 19.3 Å². The second-order valence-corrected chi connectivity index (χ2v) is 7.08. The van der Waals surface area contributed by atoms with Crippen LogP contribution in [0.3, 0.4) is 0 Å². The molecule has 0 N–H and O–H groups in total. The molecule has 2 heterocycles. The van der Waals surface area contributed by atoms with E-state index in [1.807, 2.05) is 30.1 Å². The predicted octanol–water partition coefficient (Wildman–Crippen LogP) is 4.24. The van der Waals surface area contributed by atoms with Gasteiger partial charge in [0.05, 0.1) is 5.88 Å². The highest BCUT2D eigenvalue weighted by Crippen LogP contribution is 2.40. The molecule has 0 amide bonds. The number of hydrogen-bond acceptors (Lipinski definition) is 3. The minimum atomic E-state index is 0.324. The van der Waals surface area contributed by atoms with Crippen molar-refractivity contribution in [3.63, 3.8) is 0 Å². The van der Waals surface area contributed by atoms with Gasteiger partial charge in [-0.2, -0.15) is 11.8 Å². The molecule has 3 rings (SSSR count). The van der Waals surface area contributed by atoms with Gasteiger partial charge in [-0.3, -0.25) is 0 Å². The third-order valence-electron chi connectivity index (χ3n) is 4.35. The maximum Gasteiger partial charge on any atom is 0.160 e. The van der Waals surface area contributed by atoms with E-state index >= 15 is 0 Å². The highest BCUT2D eigenvalue weighted by Gasteiger charge is 2.32. The van der Waals surface area contributed by atoms with E-state index in [9.17, 15) is 0 Å². The first-order valence-electron chi connectivity index (χ1n) is 7.19. The Labute approximate surface area is 129 Å². The van der Waals surface area contributed by atoms with E-state index in [1.54, 1.807) is 0 Å². The highest BCUT2D eigenvalue weighted by atomic mass is 35.5. The summed E-state index contributed by atoms with van der Waals surface area (Å²) in [5.74, 6) is 1.39. The van der Waals surface area contributed by atoms with Gasteiger partial charge in [0.2, 0.25) is 0 Å². The van der Waals surface area contributed by atoms with Gasteiger partial charge in [0, 0.05) is 17.5 Å². The summed E-state index contributed by atoms with van der Waals surface area (Å²) < 4.78 is 2.56. The molecule has 3 nitrogen and oxygen atoms in total. The average molecular weight is 310 g/mol. The smallest absolute Gasteiger partial charge is 0.160 e. The van der Waals surface area contributed by atoms with Crippen LogP contribution in [0.1, 0.15) is 37.9 Å². The number of hydrogen-bond donors (Lipinski definition) is 0. The van der Waals surface area contributed by atoms with Gasteiger partial charge < -0.3 is 4.57 Å². The molecule has 2 aromatic rings. The molecule has 1 aliphatic carbocycles. The molecule has 20 heavy (non-hydrogen) atoms. The summed E-state index contributed by atoms with van der Waals surface area (Å²) in [6.07, 6.45) is 10.7. The van der Waals surface area contributed by atoms with Gasteiger partial charge in [-0.05, 0) is 31.2 Å². The molecule has 0 spiro atoms. The zero-order valence-electron chi connectivity index (χ0n) is 11.8. The van der Waals surface area contributed by atoms with Crippen LogP contribution in [0.2, 0.25) is 0 Å². The highest BCUT2D eigenvalue weighted by molar-refractivity contribution is 8.00. The van der Waals surface area contributed by atoms with Crippen molar-refractivity contribution < 1.29 is 0 Å².